The predicted molar refractivity (Wildman–Crippen MR) is 143 cm³/mol. The molecular formula is C29H37N3O8. The van der Waals surface area contributed by atoms with Crippen molar-refractivity contribution in [1.82, 2.24) is 15.1 Å². The van der Waals surface area contributed by atoms with E-state index in [1.807, 2.05) is 4.90 Å². The molecular weight excluding hydrogens is 518 g/mol. The van der Waals surface area contributed by atoms with Crippen molar-refractivity contribution >= 4 is 17.5 Å². The molecule has 0 spiro atoms. The molecule has 3 aliphatic carbocycles. The van der Waals surface area contributed by atoms with Crippen LogP contribution in [0.1, 0.15) is 49.0 Å². The van der Waals surface area contributed by atoms with Gasteiger partial charge in [-0.3, -0.25) is 24.2 Å². The summed E-state index contributed by atoms with van der Waals surface area (Å²) < 4.78 is 0. The molecule has 0 saturated carbocycles. The highest BCUT2D eigenvalue weighted by molar-refractivity contribution is 6.25. The van der Waals surface area contributed by atoms with Crippen LogP contribution < -0.4 is 5.32 Å². The lowest BCUT2D eigenvalue weighted by atomic mass is 9.55. The third kappa shape index (κ3) is 3.98. The normalized spacial score (nSPS) is 33.1. The van der Waals surface area contributed by atoms with Gasteiger partial charge in [-0.05, 0) is 57.8 Å². The van der Waals surface area contributed by atoms with E-state index in [4.69, 9.17) is 0 Å². The number of phenols is 1. The first-order chi connectivity index (χ1) is 18.7. The van der Waals surface area contributed by atoms with E-state index >= 15 is 0 Å². The average molecular weight is 556 g/mol. The minimum Gasteiger partial charge on any atom is -0.510 e. The summed E-state index contributed by atoms with van der Waals surface area (Å²) in [7, 11) is 3.19. The van der Waals surface area contributed by atoms with Gasteiger partial charge in [-0.1, -0.05) is 19.1 Å². The van der Waals surface area contributed by atoms with Crippen molar-refractivity contribution < 1.29 is 39.9 Å². The maximum Gasteiger partial charge on any atom is 0.259 e. The number of aliphatic hydroxyl groups is 4. The Balaban J connectivity index is 1.58. The summed E-state index contributed by atoms with van der Waals surface area (Å²) in [6, 6.07) is 3.16. The van der Waals surface area contributed by atoms with Crippen LogP contribution in [0.15, 0.2) is 40.9 Å². The van der Waals surface area contributed by atoms with Crippen molar-refractivity contribution in [2.45, 2.75) is 50.4 Å². The van der Waals surface area contributed by atoms with Gasteiger partial charge < -0.3 is 30.8 Å². The van der Waals surface area contributed by atoms with E-state index in [0.717, 1.165) is 25.9 Å². The van der Waals surface area contributed by atoms with Crippen molar-refractivity contribution in [3.05, 3.63) is 52.0 Å². The second-order valence-electron chi connectivity index (χ2n) is 12.1. The standard InChI is InChI=1S/C29H37N3O8/c1-14-8-10-32(11-9-14)13-30-27(38)21-24(35)22(31(3)4)17-12-16-20(25(36)29(17,40)26(21)37)23(34)19-15(28(16,2)39)6-5-7-18(19)33/h5-7,14,16-17,22,33,35-36,39-40H,8-13H2,1-4H3,(H,30,38)/t16-,17-,22-,28?,29-/m0/s1. The summed E-state index contributed by atoms with van der Waals surface area (Å²) >= 11 is 0. The molecule has 40 heavy (non-hydrogen) atoms. The van der Waals surface area contributed by atoms with Gasteiger partial charge in [0.25, 0.3) is 5.91 Å². The molecule has 1 aromatic rings. The Morgan fingerprint density at radius 1 is 1.12 bits per heavy atom. The molecule has 1 aliphatic heterocycles. The molecule has 5 rings (SSSR count). The van der Waals surface area contributed by atoms with Crippen LogP contribution in [0.5, 0.6) is 5.75 Å². The highest BCUT2D eigenvalue weighted by Crippen LogP contribution is 2.56. The highest BCUT2D eigenvalue weighted by Gasteiger charge is 2.65. The fourth-order valence-corrected chi connectivity index (χ4v) is 6.98. The zero-order chi connectivity index (χ0) is 29.3. The van der Waals surface area contributed by atoms with Crippen LogP contribution in [0.25, 0.3) is 0 Å². The Kier molecular flexibility index (Phi) is 6.85. The molecule has 1 fully saturated rings. The Labute approximate surface area is 232 Å². The van der Waals surface area contributed by atoms with Crippen molar-refractivity contribution in [2.75, 3.05) is 33.9 Å². The fraction of sp³-hybridized carbons (Fsp3) is 0.552. The van der Waals surface area contributed by atoms with E-state index < -0.39 is 75.0 Å². The number of piperidine rings is 1. The second-order valence-corrected chi connectivity index (χ2v) is 12.1. The number of amides is 1. The van der Waals surface area contributed by atoms with Gasteiger partial charge in [0, 0.05) is 30.5 Å². The first-order valence-corrected chi connectivity index (χ1v) is 13.6. The molecule has 0 radical (unpaired) electrons. The average Bonchev–Trinajstić information content (AvgIpc) is 2.88. The lowest BCUT2D eigenvalue weighted by molar-refractivity contribution is -0.152. The van der Waals surface area contributed by atoms with Crippen LogP contribution in [-0.2, 0) is 15.2 Å². The van der Waals surface area contributed by atoms with E-state index in [0.29, 0.717) is 5.92 Å². The SMILES string of the molecule is CC1CCN(CNC(=O)C2=C(O)[C@@H](N(C)C)[C@@H]3C[C@H]4C(=C(O)[C@]3(O)C2=O)C(=O)c2c(O)cccc2C4(C)O)CC1. The quantitative estimate of drug-likeness (QED) is 0.296. The lowest BCUT2D eigenvalue weighted by Crippen LogP contribution is -2.65. The molecule has 4 aliphatic rings. The van der Waals surface area contributed by atoms with Gasteiger partial charge in [0.2, 0.25) is 5.78 Å². The maximum atomic E-state index is 13.9. The van der Waals surface area contributed by atoms with Crippen LogP contribution >= 0.6 is 0 Å². The van der Waals surface area contributed by atoms with Crippen molar-refractivity contribution in [1.29, 1.82) is 0 Å². The Morgan fingerprint density at radius 2 is 1.77 bits per heavy atom. The number of ketones is 2. The molecule has 11 heteroatoms. The number of aromatic hydroxyl groups is 1. The minimum absolute atomic E-state index is 0.136. The molecule has 1 amide bonds. The van der Waals surface area contributed by atoms with Gasteiger partial charge in [-0.25, -0.2) is 0 Å². The molecule has 0 bridgehead atoms. The number of nitrogens with one attached hydrogen (secondary N) is 1. The molecule has 1 unspecified atom stereocenters. The Hall–Kier alpha value is -3.25. The van der Waals surface area contributed by atoms with Gasteiger partial charge in [0.05, 0.1) is 23.9 Å². The molecule has 11 nitrogen and oxygen atoms in total. The summed E-state index contributed by atoms with van der Waals surface area (Å²) in [5, 5.41) is 59.5. The number of hydrogen-bond donors (Lipinski definition) is 6. The lowest BCUT2D eigenvalue weighted by Gasteiger charge is -2.52. The largest absolute Gasteiger partial charge is 0.510 e. The van der Waals surface area contributed by atoms with Gasteiger partial charge in [-0.2, -0.15) is 0 Å². The number of Topliss-reactive ketones (excluding diaryl/α,β-unsaturated/α-hetero) is 2. The number of aliphatic hydroxyl groups excluding tert-OH is 2. The number of hydrogen-bond acceptors (Lipinski definition) is 10. The third-order valence-electron chi connectivity index (χ3n) is 9.34. The molecule has 216 valence electrons. The number of rotatable bonds is 4. The Morgan fingerprint density at radius 3 is 2.40 bits per heavy atom. The molecule has 0 aromatic heterocycles. The first kappa shape index (κ1) is 28.3. The Bertz CT molecular complexity index is 1340. The van der Waals surface area contributed by atoms with Crippen molar-refractivity contribution in [3.63, 3.8) is 0 Å². The number of carbonyl (C=O) groups is 3. The van der Waals surface area contributed by atoms with Gasteiger partial charge >= 0.3 is 0 Å². The molecule has 5 atom stereocenters. The summed E-state index contributed by atoms with van der Waals surface area (Å²) in [5.41, 5.74) is -5.66. The maximum absolute atomic E-state index is 13.9. The summed E-state index contributed by atoms with van der Waals surface area (Å²) in [4.78, 5) is 44.4. The van der Waals surface area contributed by atoms with Crippen LogP contribution in [0, 0.1) is 17.8 Å². The van der Waals surface area contributed by atoms with Crippen LogP contribution in [0.4, 0.5) is 0 Å². The highest BCUT2D eigenvalue weighted by atomic mass is 16.3. The minimum atomic E-state index is -2.73. The van der Waals surface area contributed by atoms with E-state index in [-0.39, 0.29) is 24.2 Å². The number of likely N-dealkylation sites (N-methyl/N-ethyl adjacent to an activating group) is 1. The predicted octanol–water partition coefficient (Wildman–Crippen LogP) is 1.11. The van der Waals surface area contributed by atoms with Gasteiger partial charge in [0.15, 0.2) is 11.4 Å². The van der Waals surface area contributed by atoms with E-state index in [9.17, 15) is 39.9 Å². The number of phenolic OH excluding ortho intramolecular Hbond substituents is 1. The summed E-state index contributed by atoms with van der Waals surface area (Å²) in [6.07, 6.45) is 1.75. The second kappa shape index (κ2) is 9.69. The van der Waals surface area contributed by atoms with Crippen LogP contribution in [0.2, 0.25) is 0 Å². The van der Waals surface area contributed by atoms with E-state index in [1.165, 1.54) is 30.0 Å². The summed E-state index contributed by atoms with van der Waals surface area (Å²) in [6.45, 7) is 5.25. The van der Waals surface area contributed by atoms with E-state index in [2.05, 4.69) is 12.2 Å². The first-order valence-electron chi connectivity index (χ1n) is 13.6. The fourth-order valence-electron chi connectivity index (χ4n) is 6.98. The van der Waals surface area contributed by atoms with Crippen molar-refractivity contribution in [2.24, 2.45) is 17.8 Å². The number of nitrogens with zero attached hydrogens (tertiary/aromatic N) is 2. The third-order valence-corrected chi connectivity index (χ3v) is 9.34. The van der Waals surface area contributed by atoms with Crippen LogP contribution in [-0.4, -0.2) is 98.3 Å². The van der Waals surface area contributed by atoms with Crippen molar-refractivity contribution in [3.8, 4) is 5.75 Å². The number of likely N-dealkylation sites (tertiary alicyclic amines) is 1. The zero-order valence-corrected chi connectivity index (χ0v) is 23.1. The van der Waals surface area contributed by atoms with E-state index in [1.54, 1.807) is 14.1 Å². The monoisotopic (exact) mass is 555 g/mol. The molecule has 1 heterocycles. The smallest absolute Gasteiger partial charge is 0.259 e. The molecule has 1 aromatic carbocycles. The zero-order valence-electron chi connectivity index (χ0n) is 23.1. The number of fused-ring (bicyclic) bond motifs is 3. The number of benzene rings is 1. The topological polar surface area (TPSA) is 171 Å². The number of carbonyl (C=O) groups excluding carboxylic acids is 3. The summed E-state index contributed by atoms with van der Waals surface area (Å²) in [5.74, 6) is -6.59. The van der Waals surface area contributed by atoms with Gasteiger partial charge in [0.1, 0.15) is 22.8 Å². The molecule has 6 N–H and O–H groups in total. The van der Waals surface area contributed by atoms with Gasteiger partial charge in [-0.15, -0.1) is 0 Å². The molecule has 1 saturated heterocycles. The van der Waals surface area contributed by atoms with Crippen LogP contribution in [0.3, 0.4) is 0 Å².